The molecule has 2 aliphatic carbocycles. The number of rotatable bonds is 0. The predicted molar refractivity (Wildman–Crippen MR) is 48.3 cm³/mol. The molecule has 0 aromatic carbocycles. The first-order chi connectivity index (χ1) is 5.29. The highest BCUT2D eigenvalue weighted by molar-refractivity contribution is 5.34. The fourth-order valence-electron chi connectivity index (χ4n) is 2.62. The average Bonchev–Trinajstić information content (AvgIpc) is 2.30. The molecule has 0 saturated heterocycles. The van der Waals surface area contributed by atoms with Gasteiger partial charge in [0, 0.05) is 0 Å². The van der Waals surface area contributed by atoms with Gasteiger partial charge in [-0.1, -0.05) is 31.6 Å². The Morgan fingerprint density at radius 1 is 1.09 bits per heavy atom. The summed E-state index contributed by atoms with van der Waals surface area (Å²) in [5.41, 5.74) is 2.71. The summed E-state index contributed by atoms with van der Waals surface area (Å²) in [5, 5.41) is 0. The first-order valence-corrected chi connectivity index (χ1v) is 4.66. The van der Waals surface area contributed by atoms with Crippen LogP contribution < -0.4 is 0 Å². The van der Waals surface area contributed by atoms with Gasteiger partial charge in [-0.2, -0.15) is 0 Å². The molecule has 0 spiro atoms. The molecule has 11 heavy (non-hydrogen) atoms. The van der Waals surface area contributed by atoms with Crippen LogP contribution in [0.15, 0.2) is 24.3 Å². The normalized spacial score (nSPS) is 37.5. The van der Waals surface area contributed by atoms with E-state index >= 15 is 0 Å². The molecule has 0 radical (unpaired) electrons. The van der Waals surface area contributed by atoms with Crippen molar-refractivity contribution in [3.8, 4) is 0 Å². The van der Waals surface area contributed by atoms with Crippen LogP contribution in [0.5, 0.6) is 0 Å². The lowest BCUT2D eigenvalue weighted by atomic mass is 9.81. The Morgan fingerprint density at radius 2 is 1.82 bits per heavy atom. The average molecular weight is 148 g/mol. The van der Waals surface area contributed by atoms with Crippen LogP contribution in [-0.4, -0.2) is 0 Å². The van der Waals surface area contributed by atoms with Gasteiger partial charge >= 0.3 is 0 Å². The topological polar surface area (TPSA) is 0 Å². The number of hydrogen-bond donors (Lipinski definition) is 0. The van der Waals surface area contributed by atoms with Gasteiger partial charge in [0.25, 0.3) is 0 Å². The zero-order valence-corrected chi connectivity index (χ0v) is 7.10. The van der Waals surface area contributed by atoms with E-state index in [1.54, 1.807) is 0 Å². The van der Waals surface area contributed by atoms with Crippen LogP contribution in [0.4, 0.5) is 0 Å². The van der Waals surface area contributed by atoms with Gasteiger partial charge in [-0.25, -0.2) is 0 Å². The Labute approximate surface area is 69.0 Å². The second-order valence-electron chi connectivity index (χ2n) is 3.98. The summed E-state index contributed by atoms with van der Waals surface area (Å²) in [5.74, 6) is 1.74. The summed E-state index contributed by atoms with van der Waals surface area (Å²) < 4.78 is 0. The third kappa shape index (κ3) is 1.05. The van der Waals surface area contributed by atoms with E-state index in [4.69, 9.17) is 0 Å². The second kappa shape index (κ2) is 2.51. The Kier molecular flexibility index (Phi) is 1.63. The van der Waals surface area contributed by atoms with Crippen LogP contribution >= 0.6 is 0 Å². The predicted octanol–water partition coefficient (Wildman–Crippen LogP) is 3.31. The zero-order valence-electron chi connectivity index (χ0n) is 7.10. The van der Waals surface area contributed by atoms with Crippen molar-refractivity contribution >= 4 is 0 Å². The minimum atomic E-state index is 0.816. The molecule has 0 heterocycles. The van der Waals surface area contributed by atoms with E-state index in [0.717, 1.165) is 11.8 Å². The van der Waals surface area contributed by atoms with Crippen LogP contribution in [0.3, 0.4) is 0 Å². The summed E-state index contributed by atoms with van der Waals surface area (Å²) in [6, 6.07) is 0. The van der Waals surface area contributed by atoms with E-state index in [1.807, 2.05) is 0 Å². The molecule has 0 amide bonds. The maximum absolute atomic E-state index is 4.12. The van der Waals surface area contributed by atoms with E-state index < -0.39 is 0 Å². The Balaban J connectivity index is 2.18. The zero-order chi connectivity index (χ0) is 7.84. The molecular weight excluding hydrogens is 132 g/mol. The van der Waals surface area contributed by atoms with Gasteiger partial charge in [-0.15, -0.1) is 0 Å². The van der Waals surface area contributed by atoms with E-state index in [-0.39, 0.29) is 0 Å². The van der Waals surface area contributed by atoms with Gasteiger partial charge in [0.1, 0.15) is 0 Å². The van der Waals surface area contributed by atoms with Gasteiger partial charge in [0.2, 0.25) is 0 Å². The highest BCUT2D eigenvalue weighted by atomic mass is 14.4. The van der Waals surface area contributed by atoms with Crippen LogP contribution in [0.25, 0.3) is 0 Å². The van der Waals surface area contributed by atoms with Crippen LogP contribution in [-0.2, 0) is 0 Å². The lowest BCUT2D eigenvalue weighted by molar-refractivity contribution is 0.304. The fraction of sp³-hybridized carbons (Fsp3) is 0.636. The highest BCUT2D eigenvalue weighted by Crippen LogP contribution is 2.46. The van der Waals surface area contributed by atoms with Crippen LogP contribution in [0.1, 0.15) is 32.1 Å². The van der Waals surface area contributed by atoms with Crippen molar-refractivity contribution in [3.63, 3.8) is 0 Å². The lowest BCUT2D eigenvalue weighted by Crippen LogP contribution is -2.13. The molecule has 0 nitrogen and oxygen atoms in total. The highest BCUT2D eigenvalue weighted by Gasteiger charge is 2.34. The lowest BCUT2D eigenvalue weighted by Gasteiger charge is -2.24. The molecule has 60 valence electrons. The van der Waals surface area contributed by atoms with Gasteiger partial charge in [0.15, 0.2) is 0 Å². The largest absolute Gasteiger partial charge is 0.0956 e. The van der Waals surface area contributed by atoms with Gasteiger partial charge < -0.3 is 0 Å². The molecular formula is C11H16. The third-order valence-corrected chi connectivity index (χ3v) is 3.32. The van der Waals surface area contributed by atoms with Gasteiger partial charge in [-0.3, -0.25) is 0 Å². The minimum Gasteiger partial charge on any atom is -0.0956 e. The van der Waals surface area contributed by atoms with Gasteiger partial charge in [-0.05, 0) is 36.7 Å². The van der Waals surface area contributed by atoms with Crippen LogP contribution in [0, 0.1) is 11.8 Å². The quantitative estimate of drug-likeness (QED) is 0.494. The molecule has 2 atom stereocenters. The van der Waals surface area contributed by atoms with Crippen molar-refractivity contribution in [2.24, 2.45) is 11.8 Å². The molecule has 0 aromatic rings. The van der Waals surface area contributed by atoms with Crippen molar-refractivity contribution in [3.05, 3.63) is 24.3 Å². The molecule has 2 saturated carbocycles. The van der Waals surface area contributed by atoms with E-state index in [1.165, 1.54) is 43.3 Å². The molecule has 2 unspecified atom stereocenters. The number of hydrogen-bond acceptors (Lipinski definition) is 0. The summed E-state index contributed by atoms with van der Waals surface area (Å²) in [4.78, 5) is 0. The smallest absolute Gasteiger partial charge is 0.0134 e. The maximum atomic E-state index is 4.12. The molecule has 0 aromatic heterocycles. The van der Waals surface area contributed by atoms with Crippen molar-refractivity contribution in [2.45, 2.75) is 32.1 Å². The number of allylic oxidation sites excluding steroid dienone is 2. The first-order valence-electron chi connectivity index (χ1n) is 4.66. The van der Waals surface area contributed by atoms with E-state index in [2.05, 4.69) is 13.2 Å². The Morgan fingerprint density at radius 3 is 2.55 bits per heavy atom. The van der Waals surface area contributed by atoms with E-state index in [9.17, 15) is 0 Å². The fourth-order valence-corrected chi connectivity index (χ4v) is 2.62. The summed E-state index contributed by atoms with van der Waals surface area (Å²) in [6.45, 7) is 8.18. The first kappa shape index (κ1) is 7.15. The summed E-state index contributed by atoms with van der Waals surface area (Å²) in [6.07, 6.45) is 6.88. The minimum absolute atomic E-state index is 0.816. The molecule has 0 heteroatoms. The van der Waals surface area contributed by atoms with Gasteiger partial charge in [0.05, 0.1) is 0 Å². The molecule has 2 aliphatic rings. The van der Waals surface area contributed by atoms with Crippen molar-refractivity contribution in [2.75, 3.05) is 0 Å². The molecule has 0 bridgehead atoms. The Hall–Kier alpha value is -0.520. The number of fused-ring (bicyclic) bond motifs is 1. The molecule has 0 N–H and O–H groups in total. The van der Waals surface area contributed by atoms with Crippen LogP contribution in [0.2, 0.25) is 0 Å². The van der Waals surface area contributed by atoms with Crippen molar-refractivity contribution < 1.29 is 0 Å². The SMILES string of the molecule is C=C1CC2CCCCC2C1=C. The molecule has 2 rings (SSSR count). The van der Waals surface area contributed by atoms with Crippen molar-refractivity contribution in [1.82, 2.24) is 0 Å². The molecule has 0 aliphatic heterocycles. The third-order valence-electron chi connectivity index (χ3n) is 3.32. The summed E-state index contributed by atoms with van der Waals surface area (Å²) >= 11 is 0. The standard InChI is InChI=1S/C11H16/c1-8-7-10-5-3-4-6-11(10)9(8)2/h10-11H,1-7H2. The second-order valence-corrected chi connectivity index (χ2v) is 3.98. The Bertz CT molecular complexity index is 200. The monoisotopic (exact) mass is 148 g/mol. The summed E-state index contributed by atoms with van der Waals surface area (Å²) in [7, 11) is 0. The van der Waals surface area contributed by atoms with E-state index in [0.29, 0.717) is 0 Å². The van der Waals surface area contributed by atoms with Crippen molar-refractivity contribution in [1.29, 1.82) is 0 Å². The maximum Gasteiger partial charge on any atom is -0.0134 e. The molecule has 2 fully saturated rings.